The quantitative estimate of drug-likeness (QED) is 0.780. The number of likely N-dealkylation sites (tertiary alicyclic amines) is 1. The molecule has 2 nitrogen and oxygen atoms in total. The number of likely N-dealkylation sites (N-methyl/N-ethyl adjacent to an activating group) is 1. The minimum Gasteiger partial charge on any atom is -0.497 e. The average Bonchev–Trinajstić information content (AvgIpc) is 2.53. The summed E-state index contributed by atoms with van der Waals surface area (Å²) >= 11 is 0. The zero-order valence-corrected chi connectivity index (χ0v) is 11.7. The van der Waals surface area contributed by atoms with Gasteiger partial charge in [0.25, 0.3) is 0 Å². The standard InChI is InChI=1S/C18H25NO/c1-19-10-9-18-8-4-3-5-15(18)17(19)11-13-6-7-14(20-2)12-16(13)18/h6-7,12,15,17H,3-5,8-11H2,1-2H3/t15-,17?,18-/m0/s1/i1D3,2D3. The number of rotatable bonds is 1. The number of methoxy groups -OCH3 is 1. The van der Waals surface area contributed by atoms with Crippen molar-refractivity contribution in [3.63, 3.8) is 0 Å². The monoisotopic (exact) mass is 277 g/mol. The molecule has 1 saturated carbocycles. The van der Waals surface area contributed by atoms with Crippen LogP contribution in [0.25, 0.3) is 0 Å². The molecule has 4 rings (SSSR count). The van der Waals surface area contributed by atoms with E-state index in [1.54, 1.807) is 11.0 Å². The lowest BCUT2D eigenvalue weighted by atomic mass is 9.52. The SMILES string of the molecule is [2H]C([2H])([2H])Oc1ccc2c(c1)[C@]13CCCC[C@H]1C(C2)N(C([2H])([2H])[2H])CC3. The molecule has 2 aliphatic carbocycles. The summed E-state index contributed by atoms with van der Waals surface area (Å²) in [6, 6.07) is 5.61. The van der Waals surface area contributed by atoms with Crippen LogP contribution in [-0.2, 0) is 11.8 Å². The van der Waals surface area contributed by atoms with E-state index in [0.717, 1.165) is 37.7 Å². The maximum absolute atomic E-state index is 7.95. The summed E-state index contributed by atoms with van der Waals surface area (Å²) in [5, 5.41) is 0. The van der Waals surface area contributed by atoms with Gasteiger partial charge in [-0.2, -0.15) is 0 Å². The van der Waals surface area contributed by atoms with Crippen LogP contribution in [0.3, 0.4) is 0 Å². The van der Waals surface area contributed by atoms with Crippen LogP contribution in [0.2, 0.25) is 0 Å². The first-order valence-electron chi connectivity index (χ1n) is 10.7. The van der Waals surface area contributed by atoms with Gasteiger partial charge in [-0.15, -0.1) is 0 Å². The second kappa shape index (κ2) is 4.49. The molecule has 2 bridgehead atoms. The molecule has 3 atom stereocenters. The predicted octanol–water partition coefficient (Wildman–Crippen LogP) is 3.38. The fraction of sp³-hybridized carbons (Fsp3) is 0.667. The second-order valence-corrected chi connectivity index (χ2v) is 6.64. The molecule has 20 heavy (non-hydrogen) atoms. The summed E-state index contributed by atoms with van der Waals surface area (Å²) in [5.74, 6) is 0.708. The average molecular weight is 277 g/mol. The minimum atomic E-state index is -2.46. The first kappa shape index (κ1) is 7.84. The fourth-order valence-electron chi connectivity index (χ4n) is 5.05. The third-order valence-electron chi connectivity index (χ3n) is 5.93. The molecule has 1 aromatic rings. The van der Waals surface area contributed by atoms with Gasteiger partial charge in [0.05, 0.1) is 11.2 Å². The Bertz CT molecular complexity index is 700. The third kappa shape index (κ3) is 1.60. The predicted molar refractivity (Wildman–Crippen MR) is 81.4 cm³/mol. The summed E-state index contributed by atoms with van der Waals surface area (Å²) in [7, 11) is -2.46. The normalized spacial score (nSPS) is 41.8. The molecule has 0 radical (unpaired) electrons. The summed E-state index contributed by atoms with van der Waals surface area (Å²) in [6.07, 6.45) is 5.90. The van der Waals surface area contributed by atoms with Gasteiger partial charge in [0.1, 0.15) is 5.75 Å². The molecular formula is C18H25NO. The first-order chi connectivity index (χ1) is 12.1. The van der Waals surface area contributed by atoms with Crippen molar-refractivity contribution < 1.29 is 13.0 Å². The molecule has 0 aromatic heterocycles. The maximum Gasteiger partial charge on any atom is 0.119 e. The molecule has 1 heterocycles. The molecule has 2 fully saturated rings. The van der Waals surface area contributed by atoms with E-state index in [1.165, 1.54) is 5.56 Å². The van der Waals surface area contributed by atoms with E-state index >= 15 is 0 Å². The van der Waals surface area contributed by atoms with Crippen molar-refractivity contribution in [2.24, 2.45) is 5.92 Å². The number of ether oxygens (including phenoxy) is 1. The molecule has 108 valence electrons. The Morgan fingerprint density at radius 3 is 3.25 bits per heavy atom. The smallest absolute Gasteiger partial charge is 0.119 e. The lowest BCUT2D eigenvalue weighted by molar-refractivity contribution is 0.00274. The van der Waals surface area contributed by atoms with Gasteiger partial charge < -0.3 is 9.64 Å². The Hall–Kier alpha value is -1.02. The van der Waals surface area contributed by atoms with E-state index in [-0.39, 0.29) is 11.5 Å². The van der Waals surface area contributed by atoms with Gasteiger partial charge in [0.15, 0.2) is 0 Å². The third-order valence-corrected chi connectivity index (χ3v) is 5.93. The lowest BCUT2D eigenvalue weighted by Crippen LogP contribution is -2.59. The molecule has 2 heteroatoms. The van der Waals surface area contributed by atoms with E-state index < -0.39 is 14.0 Å². The van der Waals surface area contributed by atoms with Gasteiger partial charge in [-0.3, -0.25) is 0 Å². The number of fused-ring (bicyclic) bond motifs is 1. The number of piperidine rings is 1. The van der Waals surface area contributed by atoms with Crippen molar-refractivity contribution in [1.82, 2.24) is 4.90 Å². The molecule has 1 aromatic carbocycles. The van der Waals surface area contributed by atoms with Crippen LogP contribution >= 0.6 is 0 Å². The van der Waals surface area contributed by atoms with Crippen molar-refractivity contribution in [3.05, 3.63) is 29.3 Å². The first-order valence-corrected chi connectivity index (χ1v) is 7.69. The highest BCUT2D eigenvalue weighted by Gasteiger charge is 2.53. The number of hydrogen-bond acceptors (Lipinski definition) is 2. The summed E-state index contributed by atoms with van der Waals surface area (Å²) in [4.78, 5) is 1.73. The highest BCUT2D eigenvalue weighted by Crippen LogP contribution is 2.55. The van der Waals surface area contributed by atoms with Crippen molar-refractivity contribution >= 4 is 0 Å². The largest absolute Gasteiger partial charge is 0.497 e. The Morgan fingerprint density at radius 1 is 1.35 bits per heavy atom. The summed E-state index contributed by atoms with van der Waals surface area (Å²) < 4.78 is 51.1. The van der Waals surface area contributed by atoms with Crippen molar-refractivity contribution in [3.8, 4) is 5.75 Å². The van der Waals surface area contributed by atoms with Crippen LogP contribution in [0, 0.1) is 5.92 Å². The Kier molecular flexibility index (Phi) is 1.76. The number of benzene rings is 1. The van der Waals surface area contributed by atoms with Crippen molar-refractivity contribution in [1.29, 1.82) is 0 Å². The topological polar surface area (TPSA) is 12.5 Å². The maximum atomic E-state index is 7.95. The van der Waals surface area contributed by atoms with Gasteiger partial charge in [0.2, 0.25) is 0 Å². The number of nitrogens with zero attached hydrogens (tertiary/aromatic N) is 1. The lowest BCUT2D eigenvalue weighted by Gasteiger charge is -2.58. The van der Waals surface area contributed by atoms with E-state index in [2.05, 4.69) is 0 Å². The highest BCUT2D eigenvalue weighted by atomic mass is 16.5. The van der Waals surface area contributed by atoms with Crippen LogP contribution in [0.4, 0.5) is 0 Å². The van der Waals surface area contributed by atoms with Gasteiger partial charge in [0, 0.05) is 15.6 Å². The van der Waals surface area contributed by atoms with Crippen molar-refractivity contribution in [2.75, 3.05) is 20.6 Å². The molecule has 1 aliphatic heterocycles. The Morgan fingerprint density at radius 2 is 2.35 bits per heavy atom. The van der Waals surface area contributed by atoms with E-state index in [0.29, 0.717) is 24.6 Å². The molecule has 3 aliphatic rings. The molecule has 0 N–H and O–H groups in total. The zero-order valence-electron chi connectivity index (χ0n) is 17.7. The van der Waals surface area contributed by atoms with Crippen LogP contribution < -0.4 is 4.74 Å². The van der Waals surface area contributed by atoms with Crippen LogP contribution in [-0.4, -0.2) is 31.5 Å². The van der Waals surface area contributed by atoms with Crippen LogP contribution in [0.1, 0.15) is 51.5 Å². The molecule has 0 spiro atoms. The molecule has 1 unspecified atom stereocenters. The van der Waals surface area contributed by atoms with Crippen LogP contribution in [0.15, 0.2) is 18.2 Å². The van der Waals surface area contributed by atoms with Crippen molar-refractivity contribution in [2.45, 2.75) is 50.0 Å². The second-order valence-electron chi connectivity index (χ2n) is 6.64. The van der Waals surface area contributed by atoms with E-state index in [1.807, 2.05) is 12.1 Å². The minimum absolute atomic E-state index is 0.0354. The zero-order chi connectivity index (χ0) is 18.7. The van der Waals surface area contributed by atoms with Gasteiger partial charge in [-0.05, 0) is 68.4 Å². The molecule has 0 amide bonds. The highest BCUT2D eigenvalue weighted by molar-refractivity contribution is 5.45. The fourth-order valence-corrected chi connectivity index (χ4v) is 5.05. The van der Waals surface area contributed by atoms with Crippen LogP contribution in [0.5, 0.6) is 5.75 Å². The Balaban J connectivity index is 1.78. The van der Waals surface area contributed by atoms with E-state index in [4.69, 9.17) is 13.0 Å². The number of hydrogen-bond donors (Lipinski definition) is 0. The molecule has 1 saturated heterocycles. The summed E-state index contributed by atoms with van der Waals surface area (Å²) in [5.41, 5.74) is 2.32. The molecular weight excluding hydrogens is 246 g/mol. The summed E-state index contributed by atoms with van der Waals surface area (Å²) in [6.45, 7) is -1.49. The van der Waals surface area contributed by atoms with Gasteiger partial charge in [-0.25, -0.2) is 0 Å². The van der Waals surface area contributed by atoms with E-state index in [9.17, 15) is 0 Å². The Labute approximate surface area is 130 Å². The van der Waals surface area contributed by atoms with Gasteiger partial charge >= 0.3 is 0 Å². The van der Waals surface area contributed by atoms with Gasteiger partial charge in [-0.1, -0.05) is 18.9 Å².